The number of halogens is 1. The summed E-state index contributed by atoms with van der Waals surface area (Å²) in [5, 5.41) is 8.29. The van der Waals surface area contributed by atoms with Crippen LogP contribution in [0.15, 0.2) is 0 Å². The molecule has 1 aliphatic rings. The summed E-state index contributed by atoms with van der Waals surface area (Å²) in [6.45, 7) is 6.15. The molecule has 0 aliphatic carbocycles. The van der Waals surface area contributed by atoms with Crippen molar-refractivity contribution in [1.29, 1.82) is 0 Å². The maximum atomic E-state index is 6.04. The lowest BCUT2D eigenvalue weighted by molar-refractivity contribution is 0.493. The van der Waals surface area contributed by atoms with Crippen LogP contribution in [-0.2, 0) is 13.0 Å². The molecule has 4 heteroatoms. The fourth-order valence-corrected chi connectivity index (χ4v) is 2.02. The predicted octanol–water partition coefficient (Wildman–Crippen LogP) is 1.76. The van der Waals surface area contributed by atoms with Crippen LogP contribution in [0.2, 0.25) is 5.15 Å². The molecule has 0 aromatic carbocycles. The fourth-order valence-electron chi connectivity index (χ4n) is 1.76. The Hall–Kier alpha value is -0.540. The summed E-state index contributed by atoms with van der Waals surface area (Å²) in [4.78, 5) is 0. The lowest BCUT2D eigenvalue weighted by Gasteiger charge is -2.16. The average molecular weight is 200 g/mol. The smallest absolute Gasteiger partial charge is 0.155 e. The first kappa shape index (κ1) is 9.03. The number of nitrogens with one attached hydrogen (secondary N) is 1. The highest BCUT2D eigenvalue weighted by atomic mass is 35.5. The molecular formula is C9H14ClN3. The molecule has 1 aromatic rings. The normalized spacial score (nSPS) is 16.3. The third-order valence-electron chi connectivity index (χ3n) is 2.40. The number of aromatic nitrogens is 2. The summed E-state index contributed by atoms with van der Waals surface area (Å²) in [6, 6.07) is 0.402. The van der Waals surface area contributed by atoms with E-state index in [-0.39, 0.29) is 0 Å². The van der Waals surface area contributed by atoms with Crippen molar-refractivity contribution >= 4 is 11.6 Å². The van der Waals surface area contributed by atoms with Crippen LogP contribution < -0.4 is 5.32 Å². The van der Waals surface area contributed by atoms with Gasteiger partial charge in [-0.15, -0.1) is 0 Å². The first-order valence-corrected chi connectivity index (χ1v) is 5.04. The van der Waals surface area contributed by atoms with Crippen LogP contribution >= 0.6 is 11.6 Å². The van der Waals surface area contributed by atoms with Gasteiger partial charge in [-0.25, -0.2) is 0 Å². The van der Waals surface area contributed by atoms with E-state index in [2.05, 4.69) is 24.3 Å². The number of rotatable bonds is 1. The quantitative estimate of drug-likeness (QED) is 0.747. The molecule has 3 nitrogen and oxygen atoms in total. The zero-order valence-electron chi connectivity index (χ0n) is 7.97. The molecule has 0 saturated heterocycles. The third-order valence-corrected chi connectivity index (χ3v) is 2.70. The van der Waals surface area contributed by atoms with Crippen molar-refractivity contribution in [1.82, 2.24) is 15.1 Å². The Morgan fingerprint density at radius 1 is 1.54 bits per heavy atom. The summed E-state index contributed by atoms with van der Waals surface area (Å²) < 4.78 is 2.04. The zero-order valence-corrected chi connectivity index (χ0v) is 8.73. The molecule has 72 valence electrons. The van der Waals surface area contributed by atoms with E-state index >= 15 is 0 Å². The molecule has 0 atom stereocenters. The third kappa shape index (κ3) is 1.46. The molecule has 2 heterocycles. The van der Waals surface area contributed by atoms with Gasteiger partial charge in [-0.3, -0.25) is 4.68 Å². The molecule has 0 fully saturated rings. The van der Waals surface area contributed by atoms with Gasteiger partial charge in [-0.2, -0.15) is 5.10 Å². The monoisotopic (exact) mass is 199 g/mol. The van der Waals surface area contributed by atoms with Crippen LogP contribution in [-0.4, -0.2) is 16.3 Å². The number of hydrogen-bond donors (Lipinski definition) is 1. The number of nitrogens with zero attached hydrogens (tertiary/aromatic N) is 2. The second-order valence-electron chi connectivity index (χ2n) is 3.68. The highest BCUT2D eigenvalue weighted by Gasteiger charge is 2.20. The molecule has 0 spiro atoms. The van der Waals surface area contributed by atoms with Gasteiger partial charge in [-0.05, 0) is 13.8 Å². The van der Waals surface area contributed by atoms with Crippen LogP contribution in [0.5, 0.6) is 0 Å². The molecule has 0 radical (unpaired) electrons. The van der Waals surface area contributed by atoms with Crippen molar-refractivity contribution in [2.45, 2.75) is 32.9 Å². The fraction of sp³-hybridized carbons (Fsp3) is 0.667. The highest BCUT2D eigenvalue weighted by Crippen LogP contribution is 2.24. The van der Waals surface area contributed by atoms with Gasteiger partial charge in [0.15, 0.2) is 5.15 Å². The first-order valence-electron chi connectivity index (χ1n) is 4.66. The first-order chi connectivity index (χ1) is 6.20. The summed E-state index contributed by atoms with van der Waals surface area (Å²) in [5.41, 5.74) is 2.49. The van der Waals surface area contributed by atoms with Crippen molar-refractivity contribution in [2.24, 2.45) is 0 Å². The zero-order chi connectivity index (χ0) is 9.42. The Kier molecular flexibility index (Phi) is 2.30. The Morgan fingerprint density at radius 3 is 3.00 bits per heavy atom. The molecule has 2 rings (SSSR count). The van der Waals surface area contributed by atoms with Gasteiger partial charge in [0.2, 0.25) is 0 Å². The van der Waals surface area contributed by atoms with Crippen LogP contribution in [0.4, 0.5) is 0 Å². The van der Waals surface area contributed by atoms with Gasteiger partial charge in [-0.1, -0.05) is 11.6 Å². The molecule has 0 unspecified atom stereocenters. The average Bonchev–Trinajstić information content (AvgIpc) is 2.45. The minimum atomic E-state index is 0.402. The molecule has 0 saturated carbocycles. The van der Waals surface area contributed by atoms with Gasteiger partial charge in [0.05, 0.1) is 0 Å². The van der Waals surface area contributed by atoms with Gasteiger partial charge >= 0.3 is 0 Å². The van der Waals surface area contributed by atoms with Crippen LogP contribution in [0.25, 0.3) is 0 Å². The van der Waals surface area contributed by atoms with E-state index in [1.165, 1.54) is 11.3 Å². The van der Waals surface area contributed by atoms with Crippen molar-refractivity contribution in [3.05, 3.63) is 16.4 Å². The minimum Gasteiger partial charge on any atom is -0.312 e. The minimum absolute atomic E-state index is 0.402. The lowest BCUT2D eigenvalue weighted by atomic mass is 10.1. The summed E-state index contributed by atoms with van der Waals surface area (Å²) in [7, 11) is 0. The van der Waals surface area contributed by atoms with Gasteiger partial charge < -0.3 is 5.32 Å². The second-order valence-corrected chi connectivity index (χ2v) is 4.04. The van der Waals surface area contributed by atoms with E-state index in [0.29, 0.717) is 11.2 Å². The van der Waals surface area contributed by atoms with E-state index in [4.69, 9.17) is 11.6 Å². The molecule has 1 aromatic heterocycles. The number of fused-ring (bicyclic) bond motifs is 1. The van der Waals surface area contributed by atoms with E-state index in [1.807, 2.05) is 4.68 Å². The second kappa shape index (κ2) is 3.31. The molecule has 13 heavy (non-hydrogen) atoms. The van der Waals surface area contributed by atoms with Crippen LogP contribution in [0, 0.1) is 0 Å². The van der Waals surface area contributed by atoms with Crippen LogP contribution in [0.3, 0.4) is 0 Å². The van der Waals surface area contributed by atoms with E-state index in [1.54, 1.807) is 0 Å². The van der Waals surface area contributed by atoms with Crippen molar-refractivity contribution < 1.29 is 0 Å². The Balaban J connectivity index is 2.47. The molecule has 0 bridgehead atoms. The Labute approximate surface area is 83.1 Å². The Bertz CT molecular complexity index is 317. The molecule has 1 aliphatic heterocycles. The van der Waals surface area contributed by atoms with E-state index in [9.17, 15) is 0 Å². The van der Waals surface area contributed by atoms with E-state index in [0.717, 1.165) is 19.5 Å². The maximum Gasteiger partial charge on any atom is 0.155 e. The highest BCUT2D eigenvalue weighted by molar-refractivity contribution is 6.30. The largest absolute Gasteiger partial charge is 0.312 e. The SMILES string of the molecule is CC(C)n1nc(Cl)c2c1CCNC2. The van der Waals surface area contributed by atoms with Crippen molar-refractivity contribution in [3.63, 3.8) is 0 Å². The van der Waals surface area contributed by atoms with Gasteiger partial charge in [0.25, 0.3) is 0 Å². The maximum absolute atomic E-state index is 6.04. The van der Waals surface area contributed by atoms with Crippen LogP contribution in [0.1, 0.15) is 31.1 Å². The van der Waals surface area contributed by atoms with Gasteiger partial charge in [0, 0.05) is 36.8 Å². The topological polar surface area (TPSA) is 29.9 Å². The summed E-state index contributed by atoms with van der Waals surface area (Å²) in [6.07, 6.45) is 1.03. The van der Waals surface area contributed by atoms with Crippen molar-refractivity contribution in [3.8, 4) is 0 Å². The van der Waals surface area contributed by atoms with E-state index < -0.39 is 0 Å². The lowest BCUT2D eigenvalue weighted by Crippen LogP contribution is -2.25. The number of hydrogen-bond acceptors (Lipinski definition) is 2. The Morgan fingerprint density at radius 2 is 2.31 bits per heavy atom. The van der Waals surface area contributed by atoms with Gasteiger partial charge in [0.1, 0.15) is 0 Å². The molecule has 0 amide bonds. The predicted molar refractivity (Wildman–Crippen MR) is 53.0 cm³/mol. The van der Waals surface area contributed by atoms with Crippen molar-refractivity contribution in [2.75, 3.05) is 6.54 Å². The summed E-state index contributed by atoms with van der Waals surface area (Å²) in [5.74, 6) is 0. The standard InChI is InChI=1S/C9H14ClN3/c1-6(2)13-8-3-4-11-5-7(8)9(10)12-13/h6,11H,3-5H2,1-2H3. The molecular weight excluding hydrogens is 186 g/mol. The molecule has 1 N–H and O–H groups in total. The summed E-state index contributed by atoms with van der Waals surface area (Å²) >= 11 is 6.04.